The van der Waals surface area contributed by atoms with Crippen LogP contribution >= 0.6 is 0 Å². The van der Waals surface area contributed by atoms with Gasteiger partial charge in [-0.05, 0) is 38.5 Å². The third-order valence-corrected chi connectivity index (χ3v) is 2.78. The Bertz CT molecular complexity index is 121. The van der Waals surface area contributed by atoms with Gasteiger partial charge in [0.1, 0.15) is 0 Å². The Morgan fingerprint density at radius 1 is 1.46 bits per heavy atom. The molecule has 2 unspecified atom stereocenters. The van der Waals surface area contributed by atoms with E-state index in [9.17, 15) is 0 Å². The molecule has 78 valence electrons. The van der Waals surface area contributed by atoms with Gasteiger partial charge in [0.25, 0.3) is 0 Å². The second kappa shape index (κ2) is 6.39. The lowest BCUT2D eigenvalue weighted by molar-refractivity contribution is 0.101. The predicted molar refractivity (Wildman–Crippen MR) is 55.7 cm³/mol. The Kier molecular flexibility index (Phi) is 5.40. The van der Waals surface area contributed by atoms with Gasteiger partial charge in [-0.1, -0.05) is 13.3 Å². The minimum atomic E-state index is 0.423. The van der Waals surface area contributed by atoms with E-state index in [4.69, 9.17) is 10.5 Å². The largest absolute Gasteiger partial charge is 0.378 e. The van der Waals surface area contributed by atoms with E-state index in [0.717, 1.165) is 6.61 Å². The zero-order valence-corrected chi connectivity index (χ0v) is 8.80. The smallest absolute Gasteiger partial charge is 0.0576 e. The van der Waals surface area contributed by atoms with Gasteiger partial charge in [0, 0.05) is 12.6 Å². The van der Waals surface area contributed by atoms with Crippen molar-refractivity contribution in [1.82, 2.24) is 0 Å². The quantitative estimate of drug-likeness (QED) is 0.690. The van der Waals surface area contributed by atoms with Crippen LogP contribution in [0.5, 0.6) is 0 Å². The number of ether oxygens (including phenoxy) is 1. The summed E-state index contributed by atoms with van der Waals surface area (Å²) in [5.41, 5.74) is 5.93. The predicted octanol–water partition coefficient (Wildman–Crippen LogP) is 2.46. The van der Waals surface area contributed by atoms with Crippen molar-refractivity contribution in [3.8, 4) is 0 Å². The van der Waals surface area contributed by atoms with E-state index in [1.54, 1.807) is 0 Å². The molecule has 0 amide bonds. The Balaban J connectivity index is 1.93. The molecule has 0 aromatic heterocycles. The van der Waals surface area contributed by atoms with Gasteiger partial charge in [-0.3, -0.25) is 0 Å². The average Bonchev–Trinajstić information content (AvgIpc) is 2.57. The van der Waals surface area contributed by atoms with Gasteiger partial charge < -0.3 is 10.5 Å². The first-order valence-electron chi connectivity index (χ1n) is 5.70. The lowest BCUT2D eigenvalue weighted by atomic mass is 10.0. The van der Waals surface area contributed by atoms with Gasteiger partial charge in [-0.15, -0.1) is 0 Å². The highest BCUT2D eigenvalue weighted by Gasteiger charge is 2.14. The number of hydrogen-bond acceptors (Lipinski definition) is 2. The molecule has 0 aliphatic carbocycles. The lowest BCUT2D eigenvalue weighted by Crippen LogP contribution is -2.19. The summed E-state index contributed by atoms with van der Waals surface area (Å²) in [6.45, 7) is 3.17. The SMILES string of the molecule is CCCC(N)CCCC1CCCO1. The molecule has 0 aromatic carbocycles. The van der Waals surface area contributed by atoms with E-state index >= 15 is 0 Å². The minimum Gasteiger partial charge on any atom is -0.378 e. The summed E-state index contributed by atoms with van der Waals surface area (Å²) in [7, 11) is 0. The third kappa shape index (κ3) is 4.63. The maximum absolute atomic E-state index is 5.93. The van der Waals surface area contributed by atoms with Crippen molar-refractivity contribution in [3.05, 3.63) is 0 Å². The lowest BCUT2D eigenvalue weighted by Gasteiger charge is -2.12. The van der Waals surface area contributed by atoms with Crippen molar-refractivity contribution < 1.29 is 4.74 Å². The summed E-state index contributed by atoms with van der Waals surface area (Å²) >= 11 is 0. The summed E-state index contributed by atoms with van der Waals surface area (Å²) in [6, 6.07) is 0.423. The summed E-state index contributed by atoms with van der Waals surface area (Å²) in [5, 5.41) is 0. The first-order valence-corrected chi connectivity index (χ1v) is 5.70. The van der Waals surface area contributed by atoms with Crippen LogP contribution in [-0.4, -0.2) is 18.8 Å². The zero-order chi connectivity index (χ0) is 9.52. The van der Waals surface area contributed by atoms with Crippen molar-refractivity contribution >= 4 is 0 Å². The molecule has 1 aliphatic heterocycles. The Morgan fingerprint density at radius 2 is 2.31 bits per heavy atom. The van der Waals surface area contributed by atoms with Crippen LogP contribution in [-0.2, 0) is 4.74 Å². The zero-order valence-electron chi connectivity index (χ0n) is 8.80. The molecule has 0 saturated carbocycles. The fourth-order valence-electron chi connectivity index (χ4n) is 1.99. The Morgan fingerprint density at radius 3 is 2.92 bits per heavy atom. The summed E-state index contributed by atoms with van der Waals surface area (Å²) in [4.78, 5) is 0. The summed E-state index contributed by atoms with van der Waals surface area (Å²) in [6.07, 6.45) is 9.09. The van der Waals surface area contributed by atoms with Crippen LogP contribution in [0.1, 0.15) is 51.9 Å². The summed E-state index contributed by atoms with van der Waals surface area (Å²) in [5.74, 6) is 0. The monoisotopic (exact) mass is 185 g/mol. The first-order chi connectivity index (χ1) is 6.33. The molecule has 0 bridgehead atoms. The van der Waals surface area contributed by atoms with Gasteiger partial charge in [-0.2, -0.15) is 0 Å². The molecule has 1 rings (SSSR count). The van der Waals surface area contributed by atoms with Crippen LogP contribution in [0.4, 0.5) is 0 Å². The van der Waals surface area contributed by atoms with Crippen LogP contribution in [0, 0.1) is 0 Å². The molecule has 2 nitrogen and oxygen atoms in total. The highest BCUT2D eigenvalue weighted by atomic mass is 16.5. The van der Waals surface area contributed by atoms with E-state index in [-0.39, 0.29) is 0 Å². The Hall–Kier alpha value is -0.0800. The normalized spacial score (nSPS) is 24.9. The van der Waals surface area contributed by atoms with Crippen LogP contribution in [0.3, 0.4) is 0 Å². The second-order valence-electron chi connectivity index (χ2n) is 4.11. The van der Waals surface area contributed by atoms with Gasteiger partial charge in [0.15, 0.2) is 0 Å². The molecule has 2 atom stereocenters. The topological polar surface area (TPSA) is 35.2 Å². The minimum absolute atomic E-state index is 0.423. The molecule has 0 radical (unpaired) electrons. The van der Waals surface area contributed by atoms with Crippen LogP contribution in [0.15, 0.2) is 0 Å². The van der Waals surface area contributed by atoms with Gasteiger partial charge in [0.05, 0.1) is 6.10 Å². The van der Waals surface area contributed by atoms with E-state index in [1.165, 1.54) is 44.9 Å². The molecular formula is C11H23NO. The fourth-order valence-corrected chi connectivity index (χ4v) is 1.99. The highest BCUT2D eigenvalue weighted by Crippen LogP contribution is 2.18. The second-order valence-corrected chi connectivity index (χ2v) is 4.11. The number of hydrogen-bond donors (Lipinski definition) is 1. The fraction of sp³-hybridized carbons (Fsp3) is 1.00. The third-order valence-electron chi connectivity index (χ3n) is 2.78. The van der Waals surface area contributed by atoms with Crippen molar-refractivity contribution in [3.63, 3.8) is 0 Å². The van der Waals surface area contributed by atoms with Crippen LogP contribution < -0.4 is 5.73 Å². The van der Waals surface area contributed by atoms with Gasteiger partial charge in [-0.25, -0.2) is 0 Å². The molecule has 13 heavy (non-hydrogen) atoms. The molecule has 2 N–H and O–H groups in total. The number of rotatable bonds is 6. The maximum Gasteiger partial charge on any atom is 0.0576 e. The van der Waals surface area contributed by atoms with Crippen LogP contribution in [0.25, 0.3) is 0 Å². The molecule has 0 spiro atoms. The van der Waals surface area contributed by atoms with Crippen molar-refractivity contribution in [1.29, 1.82) is 0 Å². The molecular weight excluding hydrogens is 162 g/mol. The van der Waals surface area contributed by atoms with Crippen molar-refractivity contribution in [2.75, 3.05) is 6.61 Å². The van der Waals surface area contributed by atoms with E-state index in [1.807, 2.05) is 0 Å². The van der Waals surface area contributed by atoms with E-state index in [2.05, 4.69) is 6.92 Å². The average molecular weight is 185 g/mol. The molecule has 1 aliphatic rings. The first kappa shape index (κ1) is 11.0. The summed E-state index contributed by atoms with van der Waals surface area (Å²) < 4.78 is 5.55. The van der Waals surface area contributed by atoms with E-state index < -0.39 is 0 Å². The van der Waals surface area contributed by atoms with Gasteiger partial charge in [0.2, 0.25) is 0 Å². The van der Waals surface area contributed by atoms with Gasteiger partial charge >= 0.3 is 0 Å². The van der Waals surface area contributed by atoms with Crippen LogP contribution in [0.2, 0.25) is 0 Å². The molecule has 1 heterocycles. The molecule has 2 heteroatoms. The highest BCUT2D eigenvalue weighted by molar-refractivity contribution is 4.67. The van der Waals surface area contributed by atoms with Crippen molar-refractivity contribution in [2.24, 2.45) is 5.73 Å². The van der Waals surface area contributed by atoms with E-state index in [0.29, 0.717) is 12.1 Å². The molecule has 0 aromatic rings. The number of nitrogens with two attached hydrogens (primary N) is 1. The molecule has 1 fully saturated rings. The Labute approximate surface area is 81.8 Å². The standard InChI is InChI=1S/C11H23NO/c1-2-5-10(12)6-3-7-11-8-4-9-13-11/h10-11H,2-9,12H2,1H3. The van der Waals surface area contributed by atoms with Crippen molar-refractivity contribution in [2.45, 2.75) is 64.0 Å². The maximum atomic E-state index is 5.93. The molecule has 1 saturated heterocycles.